The summed E-state index contributed by atoms with van der Waals surface area (Å²) >= 11 is 0. The van der Waals surface area contributed by atoms with Crippen molar-refractivity contribution in [3.05, 3.63) is 125 Å². The number of urea groups is 2. The van der Waals surface area contributed by atoms with Crippen molar-refractivity contribution in [2.24, 2.45) is 0 Å². The van der Waals surface area contributed by atoms with Crippen LogP contribution in [0.3, 0.4) is 0 Å². The lowest BCUT2D eigenvalue weighted by Gasteiger charge is -2.57. The molecule has 1 fully saturated rings. The molecule has 7 nitrogen and oxygen atoms in total. The van der Waals surface area contributed by atoms with Crippen molar-refractivity contribution < 1.29 is 35.9 Å². The summed E-state index contributed by atoms with van der Waals surface area (Å²) < 4.78 is 83.7. The molecular weight excluding hydrogens is 588 g/mol. The number of alkyl halides is 6. The summed E-state index contributed by atoms with van der Waals surface area (Å²) in [6.07, 6.45) is -4.52. The molecule has 0 saturated carbocycles. The smallest absolute Gasteiger partial charge is 0.256 e. The molecule has 2 unspecified atom stereocenters. The van der Waals surface area contributed by atoms with Gasteiger partial charge in [0.25, 0.3) is 0 Å². The molecular formula is C31H21F6N5O2. The van der Waals surface area contributed by atoms with E-state index in [-0.39, 0.29) is 11.1 Å². The van der Waals surface area contributed by atoms with Crippen molar-refractivity contribution in [2.75, 3.05) is 0 Å². The Morgan fingerprint density at radius 3 is 1.73 bits per heavy atom. The number of fused-ring (bicyclic) bond motifs is 1. The fourth-order valence-corrected chi connectivity index (χ4v) is 6.21. The van der Waals surface area contributed by atoms with E-state index in [4.69, 9.17) is 0 Å². The first-order chi connectivity index (χ1) is 20.9. The lowest BCUT2D eigenvalue weighted by molar-refractivity contribution is -0.142. The fourth-order valence-electron chi connectivity index (χ4n) is 6.21. The highest BCUT2D eigenvalue weighted by Crippen LogP contribution is 2.50. The van der Waals surface area contributed by atoms with Crippen LogP contribution in [0.4, 0.5) is 35.9 Å². The van der Waals surface area contributed by atoms with Crippen LogP contribution in [0.25, 0.3) is 10.9 Å². The number of carbonyl (C=O) groups is 2. The van der Waals surface area contributed by atoms with Gasteiger partial charge in [-0.2, -0.15) is 26.3 Å². The molecule has 1 saturated heterocycles. The fraction of sp³-hybridized carbons (Fsp3) is 0.194. The number of hydrogen-bond acceptors (Lipinski definition) is 3. The zero-order valence-corrected chi connectivity index (χ0v) is 22.5. The summed E-state index contributed by atoms with van der Waals surface area (Å²) in [4.78, 5) is 33.1. The van der Waals surface area contributed by atoms with Gasteiger partial charge in [-0.25, -0.2) is 29.6 Å². The average Bonchev–Trinajstić information content (AvgIpc) is 3.00. The molecule has 4 aromatic rings. The second-order valence-corrected chi connectivity index (χ2v) is 10.6. The summed E-state index contributed by atoms with van der Waals surface area (Å²) in [7, 11) is 0. The number of halogens is 6. The number of amides is 4. The van der Waals surface area contributed by atoms with Gasteiger partial charge in [-0.15, -0.1) is 0 Å². The van der Waals surface area contributed by atoms with Gasteiger partial charge in [-0.1, -0.05) is 66.7 Å². The van der Waals surface area contributed by atoms with Crippen molar-refractivity contribution in [3.8, 4) is 0 Å². The zero-order chi connectivity index (χ0) is 31.0. The molecule has 3 aliphatic heterocycles. The zero-order valence-electron chi connectivity index (χ0n) is 22.5. The van der Waals surface area contributed by atoms with Gasteiger partial charge >= 0.3 is 24.4 Å². The van der Waals surface area contributed by atoms with Crippen LogP contribution in [-0.4, -0.2) is 37.1 Å². The van der Waals surface area contributed by atoms with Crippen LogP contribution in [0.15, 0.2) is 91.1 Å². The summed E-state index contributed by atoms with van der Waals surface area (Å²) in [5, 5.41) is 4.70. The summed E-state index contributed by atoms with van der Waals surface area (Å²) in [5.41, 5.74) is -0.752. The highest BCUT2D eigenvalue weighted by Gasteiger charge is 2.54. The van der Waals surface area contributed by atoms with Gasteiger partial charge in [-0.3, -0.25) is 4.98 Å². The summed E-state index contributed by atoms with van der Waals surface area (Å²) in [5.74, 6) is 0. The second-order valence-electron chi connectivity index (χ2n) is 10.6. The highest BCUT2D eigenvalue weighted by atomic mass is 19.4. The van der Waals surface area contributed by atoms with Gasteiger partial charge in [0.2, 0.25) is 0 Å². The SMILES string of the molecule is O=C1N(Cc2ccccc2C(F)(F)F)N(Cc2ccccc2C(F)(F)F)C(=O)N2C3C=CC(c4ccc5cccnc5c43)N12. The van der Waals surface area contributed by atoms with Gasteiger partial charge < -0.3 is 0 Å². The number of rotatable bonds is 4. The van der Waals surface area contributed by atoms with Gasteiger partial charge in [0.15, 0.2) is 0 Å². The number of pyridine rings is 1. The predicted octanol–water partition coefficient (Wildman–Crippen LogP) is 7.63. The van der Waals surface area contributed by atoms with Crippen LogP contribution in [0.5, 0.6) is 0 Å². The first kappa shape index (κ1) is 27.7. The first-order valence-corrected chi connectivity index (χ1v) is 13.5. The Balaban J connectivity index is 1.37. The molecule has 2 atom stereocenters. The molecule has 0 N–H and O–H groups in total. The standard InChI is InChI=1S/C31H21F6N5O2/c32-30(33,34)22-9-3-1-6-19(22)16-39-28(43)41-24-13-14-25(26-21(24)12-11-18-8-5-15-38-27(18)26)42(41)29(44)40(39)17-20-7-2-4-10-23(20)31(35,36)37/h1-15,24-25H,16-17H2. The molecule has 224 valence electrons. The van der Waals surface area contributed by atoms with E-state index in [0.29, 0.717) is 16.6 Å². The van der Waals surface area contributed by atoms with Crippen molar-refractivity contribution >= 4 is 23.0 Å². The monoisotopic (exact) mass is 609 g/mol. The second kappa shape index (κ2) is 9.73. The molecule has 4 amide bonds. The van der Waals surface area contributed by atoms with Crippen LogP contribution >= 0.6 is 0 Å². The average molecular weight is 610 g/mol. The Morgan fingerprint density at radius 2 is 1.16 bits per heavy atom. The Labute approximate surface area is 246 Å². The number of aromatic nitrogens is 1. The lowest BCUT2D eigenvalue weighted by atomic mass is 9.84. The van der Waals surface area contributed by atoms with E-state index in [2.05, 4.69) is 4.98 Å². The van der Waals surface area contributed by atoms with Crippen LogP contribution in [0, 0.1) is 0 Å². The highest BCUT2D eigenvalue weighted by molar-refractivity contribution is 5.91. The van der Waals surface area contributed by atoms with E-state index in [9.17, 15) is 35.9 Å². The molecule has 13 heteroatoms. The minimum atomic E-state index is -4.78. The van der Waals surface area contributed by atoms with E-state index in [1.807, 2.05) is 18.2 Å². The van der Waals surface area contributed by atoms with Gasteiger partial charge in [0.1, 0.15) is 6.04 Å². The first-order valence-electron chi connectivity index (χ1n) is 13.5. The van der Waals surface area contributed by atoms with E-state index >= 15 is 0 Å². The lowest BCUT2D eigenvalue weighted by Crippen LogP contribution is -2.71. The number of carbonyl (C=O) groups excluding carboxylic acids is 2. The maximum absolute atomic E-state index is 14.3. The molecule has 44 heavy (non-hydrogen) atoms. The van der Waals surface area contributed by atoms with E-state index in [1.54, 1.807) is 24.4 Å². The number of benzene rings is 3. The van der Waals surface area contributed by atoms with Crippen molar-refractivity contribution in [2.45, 2.75) is 37.5 Å². The van der Waals surface area contributed by atoms with E-state index in [1.165, 1.54) is 36.4 Å². The van der Waals surface area contributed by atoms with Gasteiger partial charge in [-0.05, 0) is 34.9 Å². The molecule has 1 aromatic heterocycles. The normalized spacial score (nSPS) is 19.6. The van der Waals surface area contributed by atoms with Crippen LogP contribution in [0.2, 0.25) is 0 Å². The molecule has 0 spiro atoms. The molecule has 4 aliphatic rings. The molecule has 4 heterocycles. The molecule has 2 bridgehead atoms. The van der Waals surface area contributed by atoms with Crippen molar-refractivity contribution in [1.29, 1.82) is 0 Å². The number of nitrogens with zero attached hydrogens (tertiary/aromatic N) is 5. The topological polar surface area (TPSA) is 60.0 Å². The molecule has 0 radical (unpaired) electrons. The predicted molar refractivity (Wildman–Crippen MR) is 145 cm³/mol. The maximum atomic E-state index is 14.3. The largest absolute Gasteiger partial charge is 0.416 e. The van der Waals surface area contributed by atoms with Crippen molar-refractivity contribution in [3.63, 3.8) is 0 Å². The van der Waals surface area contributed by atoms with E-state index < -0.39 is 60.7 Å². The number of hydrazine groups is 2. The molecule has 1 aliphatic carbocycles. The van der Waals surface area contributed by atoms with Crippen molar-refractivity contribution in [1.82, 2.24) is 25.0 Å². The summed E-state index contributed by atoms with van der Waals surface area (Å²) in [6, 6.07) is 13.0. The van der Waals surface area contributed by atoms with E-state index in [0.717, 1.165) is 37.6 Å². The Hall–Kier alpha value is -5.07. The number of hydrogen-bond donors (Lipinski definition) is 0. The van der Waals surface area contributed by atoms with Gasteiger partial charge in [0.05, 0.1) is 35.8 Å². The minimum absolute atomic E-state index is 0.322. The quantitative estimate of drug-likeness (QED) is 0.177. The minimum Gasteiger partial charge on any atom is -0.256 e. The Bertz CT molecular complexity index is 1860. The van der Waals surface area contributed by atoms with Crippen LogP contribution in [-0.2, 0) is 25.4 Å². The maximum Gasteiger partial charge on any atom is 0.416 e. The molecule has 3 aromatic carbocycles. The third-order valence-corrected chi connectivity index (χ3v) is 8.11. The third kappa shape index (κ3) is 4.25. The van der Waals surface area contributed by atoms with Gasteiger partial charge in [0, 0.05) is 17.1 Å². The Kier molecular flexibility index (Phi) is 6.13. The summed E-state index contributed by atoms with van der Waals surface area (Å²) in [6.45, 7) is -1.44. The van der Waals surface area contributed by atoms with Crippen LogP contribution < -0.4 is 0 Å². The Morgan fingerprint density at radius 1 is 0.636 bits per heavy atom. The third-order valence-electron chi connectivity index (χ3n) is 8.11. The van der Waals surface area contributed by atoms with Crippen LogP contribution in [0.1, 0.15) is 45.5 Å². The molecule has 8 rings (SSSR count).